The third-order valence-electron chi connectivity index (χ3n) is 2.99. The molecule has 3 rings (SSSR count). The van der Waals surface area contributed by atoms with Gasteiger partial charge in [0.15, 0.2) is 11.5 Å². The zero-order valence-corrected chi connectivity index (χ0v) is 10.8. The van der Waals surface area contributed by atoms with Crippen molar-refractivity contribution in [3.63, 3.8) is 0 Å². The number of thioether (sulfide) groups is 1. The molecule has 1 aliphatic heterocycles. The first kappa shape index (κ1) is 11.5. The molecule has 1 saturated heterocycles. The van der Waals surface area contributed by atoms with Crippen molar-refractivity contribution in [2.75, 3.05) is 12.9 Å². The van der Waals surface area contributed by atoms with Crippen LogP contribution in [0.15, 0.2) is 18.3 Å². The quantitative estimate of drug-likeness (QED) is 0.776. The van der Waals surface area contributed by atoms with Crippen molar-refractivity contribution in [3.8, 4) is 0 Å². The van der Waals surface area contributed by atoms with E-state index in [1.54, 1.807) is 22.8 Å². The van der Waals surface area contributed by atoms with Crippen LogP contribution in [0.4, 0.5) is 0 Å². The van der Waals surface area contributed by atoms with Crippen molar-refractivity contribution in [2.24, 2.45) is 0 Å². The zero-order valence-electron chi connectivity index (χ0n) is 10.00. The second kappa shape index (κ2) is 4.61. The number of carbonyl (C=O) groups excluding carboxylic acids is 1. The summed E-state index contributed by atoms with van der Waals surface area (Å²) in [6.07, 6.45) is 4.01. The number of carbonyl (C=O) groups is 1. The summed E-state index contributed by atoms with van der Waals surface area (Å²) in [5, 5.41) is 4.84. The Balaban J connectivity index is 1.98. The van der Waals surface area contributed by atoms with Crippen LogP contribution in [0.5, 0.6) is 0 Å². The molecule has 2 aromatic rings. The number of esters is 1. The van der Waals surface area contributed by atoms with Gasteiger partial charge in [-0.1, -0.05) is 0 Å². The predicted molar refractivity (Wildman–Crippen MR) is 68.8 cm³/mol. The van der Waals surface area contributed by atoms with Gasteiger partial charge in [-0.25, -0.2) is 14.3 Å². The first-order valence-electron chi connectivity index (χ1n) is 5.84. The smallest absolute Gasteiger partial charge is 0.339 e. The largest absolute Gasteiger partial charge is 0.465 e. The summed E-state index contributed by atoms with van der Waals surface area (Å²) >= 11 is 1.90. The molecule has 1 aliphatic rings. The second-order valence-corrected chi connectivity index (χ2v) is 5.49. The third kappa shape index (κ3) is 1.96. The highest BCUT2D eigenvalue weighted by Crippen LogP contribution is 2.38. The van der Waals surface area contributed by atoms with Crippen molar-refractivity contribution >= 4 is 23.4 Å². The highest BCUT2D eigenvalue weighted by molar-refractivity contribution is 7.99. The Hall–Kier alpha value is -1.56. The van der Waals surface area contributed by atoms with Crippen LogP contribution >= 0.6 is 11.8 Å². The molecule has 1 fully saturated rings. The van der Waals surface area contributed by atoms with E-state index in [0.29, 0.717) is 10.8 Å². The van der Waals surface area contributed by atoms with Gasteiger partial charge in [-0.05, 0) is 30.7 Å². The van der Waals surface area contributed by atoms with E-state index in [2.05, 4.69) is 14.8 Å². The molecule has 18 heavy (non-hydrogen) atoms. The van der Waals surface area contributed by atoms with Crippen molar-refractivity contribution in [1.82, 2.24) is 14.6 Å². The SMILES string of the molecule is COC(=O)c1ccc2nc(C3CCCS3)nn2c1. The summed E-state index contributed by atoms with van der Waals surface area (Å²) in [7, 11) is 1.37. The second-order valence-electron chi connectivity index (χ2n) is 4.18. The highest BCUT2D eigenvalue weighted by atomic mass is 32.2. The number of ether oxygens (including phenoxy) is 1. The molecule has 0 aromatic carbocycles. The maximum Gasteiger partial charge on any atom is 0.339 e. The molecule has 2 aromatic heterocycles. The number of fused-ring (bicyclic) bond motifs is 1. The van der Waals surface area contributed by atoms with Gasteiger partial charge in [0.05, 0.1) is 17.9 Å². The number of aromatic nitrogens is 3. The Labute approximate surface area is 109 Å². The fraction of sp³-hybridized carbons (Fsp3) is 0.417. The van der Waals surface area contributed by atoms with Crippen LogP contribution in [0.25, 0.3) is 5.65 Å². The van der Waals surface area contributed by atoms with Gasteiger partial charge in [-0.2, -0.15) is 16.9 Å². The van der Waals surface area contributed by atoms with Crippen LogP contribution < -0.4 is 0 Å². The minimum Gasteiger partial charge on any atom is -0.465 e. The Morgan fingerprint density at radius 3 is 3.17 bits per heavy atom. The lowest BCUT2D eigenvalue weighted by atomic mass is 10.2. The van der Waals surface area contributed by atoms with Gasteiger partial charge in [0.1, 0.15) is 0 Å². The van der Waals surface area contributed by atoms with Gasteiger partial charge >= 0.3 is 5.97 Å². The molecular weight excluding hydrogens is 250 g/mol. The van der Waals surface area contributed by atoms with Gasteiger partial charge < -0.3 is 4.74 Å². The highest BCUT2D eigenvalue weighted by Gasteiger charge is 2.22. The van der Waals surface area contributed by atoms with Crippen molar-refractivity contribution in [1.29, 1.82) is 0 Å². The predicted octanol–water partition coefficient (Wildman–Crippen LogP) is 2.08. The summed E-state index contributed by atoms with van der Waals surface area (Å²) in [4.78, 5) is 15.9. The van der Waals surface area contributed by atoms with Crippen molar-refractivity contribution in [2.45, 2.75) is 18.1 Å². The average molecular weight is 263 g/mol. The van der Waals surface area contributed by atoms with Crippen LogP contribution in [0, 0.1) is 0 Å². The fourth-order valence-electron chi connectivity index (χ4n) is 2.06. The van der Waals surface area contributed by atoms with E-state index in [4.69, 9.17) is 0 Å². The molecule has 5 nitrogen and oxygen atoms in total. The molecule has 0 spiro atoms. The lowest BCUT2D eigenvalue weighted by Crippen LogP contribution is -2.03. The number of hydrogen-bond donors (Lipinski definition) is 0. The maximum atomic E-state index is 11.4. The van der Waals surface area contributed by atoms with Gasteiger partial charge in [0.2, 0.25) is 0 Å². The fourth-order valence-corrected chi connectivity index (χ4v) is 3.26. The minimum atomic E-state index is -0.357. The summed E-state index contributed by atoms with van der Waals surface area (Å²) in [5.41, 5.74) is 1.26. The van der Waals surface area contributed by atoms with Gasteiger partial charge in [-0.15, -0.1) is 0 Å². The van der Waals surface area contributed by atoms with Crippen molar-refractivity contribution in [3.05, 3.63) is 29.7 Å². The lowest BCUT2D eigenvalue weighted by Gasteiger charge is -2.00. The standard InChI is InChI=1S/C12H13N3O2S/c1-17-12(16)8-4-5-10-13-11(14-15(10)7-8)9-3-2-6-18-9/h4-5,7,9H,2-3,6H2,1H3. The van der Waals surface area contributed by atoms with E-state index in [0.717, 1.165) is 17.9 Å². The Morgan fingerprint density at radius 2 is 2.44 bits per heavy atom. The Bertz CT molecular complexity index is 590. The van der Waals surface area contributed by atoms with Gasteiger partial charge in [0, 0.05) is 6.20 Å². The van der Waals surface area contributed by atoms with Crippen LogP contribution in [0.1, 0.15) is 34.3 Å². The molecule has 0 amide bonds. The number of pyridine rings is 1. The summed E-state index contributed by atoms with van der Waals surface area (Å²) in [6, 6.07) is 3.50. The summed E-state index contributed by atoms with van der Waals surface area (Å²) in [6.45, 7) is 0. The molecule has 1 atom stereocenters. The van der Waals surface area contributed by atoms with Crippen LogP contribution in [-0.4, -0.2) is 33.4 Å². The van der Waals surface area contributed by atoms with Crippen LogP contribution in [0.2, 0.25) is 0 Å². The Kier molecular flexibility index (Phi) is 2.95. The maximum absolute atomic E-state index is 11.4. The van der Waals surface area contributed by atoms with Crippen LogP contribution in [0.3, 0.4) is 0 Å². The lowest BCUT2D eigenvalue weighted by molar-refractivity contribution is 0.0600. The molecule has 0 saturated carbocycles. The van der Waals surface area contributed by atoms with E-state index in [1.807, 2.05) is 11.8 Å². The number of methoxy groups -OCH3 is 1. The van der Waals surface area contributed by atoms with Gasteiger partial charge in [-0.3, -0.25) is 0 Å². The molecule has 3 heterocycles. The zero-order chi connectivity index (χ0) is 12.5. The van der Waals surface area contributed by atoms with Gasteiger partial charge in [0.25, 0.3) is 0 Å². The van der Waals surface area contributed by atoms with Crippen molar-refractivity contribution < 1.29 is 9.53 Å². The molecule has 0 radical (unpaired) electrons. The van der Waals surface area contributed by atoms with E-state index in [9.17, 15) is 4.79 Å². The van der Waals surface area contributed by atoms with Crippen LogP contribution in [-0.2, 0) is 4.74 Å². The topological polar surface area (TPSA) is 56.5 Å². The number of hydrogen-bond acceptors (Lipinski definition) is 5. The van der Waals surface area contributed by atoms with E-state index in [-0.39, 0.29) is 5.97 Å². The molecule has 0 N–H and O–H groups in total. The monoisotopic (exact) mass is 263 g/mol. The third-order valence-corrected chi connectivity index (χ3v) is 4.36. The molecular formula is C12H13N3O2S. The summed E-state index contributed by atoms with van der Waals surface area (Å²) in [5.74, 6) is 1.68. The first-order chi connectivity index (χ1) is 8.78. The molecule has 6 heteroatoms. The molecule has 94 valence electrons. The first-order valence-corrected chi connectivity index (χ1v) is 6.89. The minimum absolute atomic E-state index is 0.357. The number of rotatable bonds is 2. The molecule has 0 bridgehead atoms. The molecule has 0 aliphatic carbocycles. The van der Waals surface area contributed by atoms with E-state index in [1.165, 1.54) is 19.3 Å². The molecule has 1 unspecified atom stereocenters. The summed E-state index contributed by atoms with van der Waals surface area (Å²) < 4.78 is 6.34. The van der Waals surface area contributed by atoms with E-state index < -0.39 is 0 Å². The normalized spacial score (nSPS) is 19.3. The number of nitrogens with zero attached hydrogens (tertiary/aromatic N) is 3. The Morgan fingerprint density at radius 1 is 1.56 bits per heavy atom. The van der Waals surface area contributed by atoms with E-state index >= 15 is 0 Å². The average Bonchev–Trinajstić information content (AvgIpc) is 3.04.